The number of aryl methyl sites for hydroxylation is 1. The molecule has 3 heteroatoms. The molecule has 2 N–H and O–H groups in total. The lowest BCUT2D eigenvalue weighted by molar-refractivity contribution is 0.410. The first kappa shape index (κ1) is 13.2. The molecule has 1 fully saturated rings. The van der Waals surface area contributed by atoms with Crippen molar-refractivity contribution < 1.29 is 0 Å². The van der Waals surface area contributed by atoms with Crippen LogP contribution in [0.3, 0.4) is 0 Å². The van der Waals surface area contributed by atoms with Gasteiger partial charge in [0.2, 0.25) is 0 Å². The first-order chi connectivity index (χ1) is 8.18. The average molecular weight is 272 g/mol. The Morgan fingerprint density at radius 1 is 1.24 bits per heavy atom. The van der Waals surface area contributed by atoms with E-state index in [2.05, 4.69) is 0 Å². The molecule has 1 nitrogen and oxygen atoms in total. The lowest BCUT2D eigenvalue weighted by Gasteiger charge is -2.19. The summed E-state index contributed by atoms with van der Waals surface area (Å²) in [5.41, 5.74) is 7.36. The first-order valence-electron chi connectivity index (χ1n) is 6.37. The van der Waals surface area contributed by atoms with Crippen molar-refractivity contribution in [2.45, 2.75) is 44.6 Å². The van der Waals surface area contributed by atoms with Gasteiger partial charge >= 0.3 is 0 Å². The summed E-state index contributed by atoms with van der Waals surface area (Å²) in [7, 11) is 0. The van der Waals surface area contributed by atoms with Crippen LogP contribution in [0.15, 0.2) is 18.2 Å². The highest BCUT2D eigenvalue weighted by atomic mass is 35.5. The molecule has 1 aliphatic rings. The number of hydrogen-bond acceptors (Lipinski definition) is 1. The van der Waals surface area contributed by atoms with Crippen LogP contribution in [0.4, 0.5) is 0 Å². The number of benzene rings is 1. The largest absolute Gasteiger partial charge is 0.327 e. The minimum absolute atomic E-state index is 0.313. The third-order valence-electron chi connectivity index (χ3n) is 3.78. The van der Waals surface area contributed by atoms with Gasteiger partial charge in [0, 0.05) is 6.04 Å². The van der Waals surface area contributed by atoms with Crippen LogP contribution in [0.5, 0.6) is 0 Å². The van der Waals surface area contributed by atoms with E-state index in [0.717, 1.165) is 18.4 Å². The Labute approximate surface area is 113 Å². The number of halogens is 2. The highest BCUT2D eigenvalue weighted by molar-refractivity contribution is 6.42. The normalized spacial score (nSPS) is 18.5. The monoisotopic (exact) mass is 271 g/mol. The fourth-order valence-electron chi connectivity index (χ4n) is 2.68. The van der Waals surface area contributed by atoms with Gasteiger partial charge in [-0.15, -0.1) is 0 Å². The summed E-state index contributed by atoms with van der Waals surface area (Å²) in [6.45, 7) is 0. The zero-order valence-electron chi connectivity index (χ0n) is 9.96. The van der Waals surface area contributed by atoms with E-state index in [1.807, 2.05) is 18.2 Å². The van der Waals surface area contributed by atoms with E-state index in [1.165, 1.54) is 25.7 Å². The lowest BCUT2D eigenvalue weighted by Crippen LogP contribution is -2.28. The van der Waals surface area contributed by atoms with Crippen LogP contribution in [0, 0.1) is 5.92 Å². The molecule has 1 unspecified atom stereocenters. The van der Waals surface area contributed by atoms with Gasteiger partial charge in [0.1, 0.15) is 0 Å². The molecule has 0 amide bonds. The van der Waals surface area contributed by atoms with Gasteiger partial charge in [-0.1, -0.05) is 48.2 Å². The van der Waals surface area contributed by atoms with E-state index < -0.39 is 0 Å². The molecule has 0 aliphatic heterocycles. The van der Waals surface area contributed by atoms with E-state index in [0.29, 0.717) is 22.0 Å². The standard InChI is InChI=1S/C14H19Cl2N/c15-12-7-3-6-11(14(12)16)8-9-13(17)10-4-1-2-5-10/h3,6-7,10,13H,1-2,4-5,8-9,17H2. The Balaban J connectivity index is 1.90. The van der Waals surface area contributed by atoms with Crippen LogP contribution < -0.4 is 5.73 Å². The quantitative estimate of drug-likeness (QED) is 0.861. The van der Waals surface area contributed by atoms with Crippen molar-refractivity contribution in [1.82, 2.24) is 0 Å². The molecule has 1 aromatic carbocycles. The van der Waals surface area contributed by atoms with Gasteiger partial charge in [0.25, 0.3) is 0 Å². The van der Waals surface area contributed by atoms with Crippen molar-refractivity contribution in [3.63, 3.8) is 0 Å². The van der Waals surface area contributed by atoms with Gasteiger partial charge in [0.05, 0.1) is 10.0 Å². The van der Waals surface area contributed by atoms with Crippen LogP contribution in [-0.2, 0) is 6.42 Å². The molecule has 1 aliphatic carbocycles. The predicted octanol–water partition coefficient (Wildman–Crippen LogP) is 4.44. The summed E-state index contributed by atoms with van der Waals surface area (Å²) in [5.74, 6) is 0.716. The molecular formula is C14H19Cl2N. The summed E-state index contributed by atoms with van der Waals surface area (Å²) in [6, 6.07) is 6.12. The summed E-state index contributed by atoms with van der Waals surface area (Å²) in [5, 5.41) is 1.33. The topological polar surface area (TPSA) is 26.0 Å². The highest BCUT2D eigenvalue weighted by Gasteiger charge is 2.21. The predicted molar refractivity (Wildman–Crippen MR) is 74.7 cm³/mol. The maximum Gasteiger partial charge on any atom is 0.0624 e. The van der Waals surface area contributed by atoms with E-state index in [4.69, 9.17) is 28.9 Å². The van der Waals surface area contributed by atoms with E-state index in [9.17, 15) is 0 Å². The zero-order chi connectivity index (χ0) is 12.3. The Morgan fingerprint density at radius 2 is 1.94 bits per heavy atom. The molecule has 0 heterocycles. The third-order valence-corrected chi connectivity index (χ3v) is 4.64. The second kappa shape index (κ2) is 6.08. The van der Waals surface area contributed by atoms with Gasteiger partial charge in [-0.2, -0.15) is 0 Å². The molecule has 94 valence electrons. The molecule has 1 saturated carbocycles. The molecule has 1 atom stereocenters. The molecule has 1 aromatic rings. The van der Waals surface area contributed by atoms with Gasteiger partial charge < -0.3 is 5.73 Å². The molecule has 0 aromatic heterocycles. The molecule has 17 heavy (non-hydrogen) atoms. The molecular weight excluding hydrogens is 253 g/mol. The highest BCUT2D eigenvalue weighted by Crippen LogP contribution is 2.30. The Morgan fingerprint density at radius 3 is 2.65 bits per heavy atom. The van der Waals surface area contributed by atoms with Crippen molar-refractivity contribution >= 4 is 23.2 Å². The van der Waals surface area contributed by atoms with Crippen molar-refractivity contribution in [2.75, 3.05) is 0 Å². The lowest BCUT2D eigenvalue weighted by atomic mass is 9.93. The fraction of sp³-hybridized carbons (Fsp3) is 0.571. The summed E-state index contributed by atoms with van der Waals surface area (Å²) < 4.78 is 0. The summed E-state index contributed by atoms with van der Waals surface area (Å²) >= 11 is 12.2. The molecule has 0 radical (unpaired) electrons. The summed E-state index contributed by atoms with van der Waals surface area (Å²) in [6.07, 6.45) is 7.21. The average Bonchev–Trinajstić information content (AvgIpc) is 2.84. The second-order valence-electron chi connectivity index (χ2n) is 4.96. The smallest absolute Gasteiger partial charge is 0.0624 e. The molecule has 0 spiro atoms. The second-order valence-corrected chi connectivity index (χ2v) is 5.75. The van der Waals surface area contributed by atoms with Crippen LogP contribution in [0.25, 0.3) is 0 Å². The van der Waals surface area contributed by atoms with Crippen LogP contribution in [-0.4, -0.2) is 6.04 Å². The maximum absolute atomic E-state index is 6.24. The maximum atomic E-state index is 6.24. The zero-order valence-corrected chi connectivity index (χ0v) is 11.5. The number of hydrogen-bond donors (Lipinski definition) is 1. The van der Waals surface area contributed by atoms with Gasteiger partial charge in [-0.3, -0.25) is 0 Å². The minimum atomic E-state index is 0.313. The van der Waals surface area contributed by atoms with Crippen LogP contribution in [0.2, 0.25) is 10.0 Å². The van der Waals surface area contributed by atoms with Crippen molar-refractivity contribution in [1.29, 1.82) is 0 Å². The third kappa shape index (κ3) is 3.37. The SMILES string of the molecule is NC(CCc1cccc(Cl)c1Cl)C1CCCC1. The Hall–Kier alpha value is -0.240. The Bertz CT molecular complexity index is 372. The number of rotatable bonds is 4. The van der Waals surface area contributed by atoms with Gasteiger partial charge in [-0.05, 0) is 43.2 Å². The van der Waals surface area contributed by atoms with Crippen LogP contribution >= 0.6 is 23.2 Å². The van der Waals surface area contributed by atoms with Crippen LogP contribution in [0.1, 0.15) is 37.7 Å². The van der Waals surface area contributed by atoms with Crippen molar-refractivity contribution in [2.24, 2.45) is 11.7 Å². The van der Waals surface area contributed by atoms with E-state index in [-0.39, 0.29) is 0 Å². The molecule has 2 rings (SSSR count). The molecule has 0 saturated heterocycles. The molecule has 0 bridgehead atoms. The van der Waals surface area contributed by atoms with E-state index in [1.54, 1.807) is 0 Å². The first-order valence-corrected chi connectivity index (χ1v) is 7.12. The Kier molecular flexibility index (Phi) is 4.72. The van der Waals surface area contributed by atoms with Gasteiger partial charge in [0.15, 0.2) is 0 Å². The summed E-state index contributed by atoms with van der Waals surface area (Å²) in [4.78, 5) is 0. The minimum Gasteiger partial charge on any atom is -0.327 e. The van der Waals surface area contributed by atoms with E-state index >= 15 is 0 Å². The van der Waals surface area contributed by atoms with Crippen molar-refractivity contribution in [3.05, 3.63) is 33.8 Å². The number of nitrogens with two attached hydrogens (primary N) is 1. The fourth-order valence-corrected chi connectivity index (χ4v) is 3.10. The van der Waals surface area contributed by atoms with Crippen molar-refractivity contribution in [3.8, 4) is 0 Å². The van der Waals surface area contributed by atoms with Gasteiger partial charge in [-0.25, -0.2) is 0 Å².